The molecular weight excluding hydrogens is 465 g/mol. The Balaban J connectivity index is 0.00000280. The first-order chi connectivity index (χ1) is 13.3. The van der Waals surface area contributed by atoms with Gasteiger partial charge in [-0.3, -0.25) is 9.98 Å². The van der Waals surface area contributed by atoms with Crippen LogP contribution in [0.25, 0.3) is 0 Å². The van der Waals surface area contributed by atoms with Crippen molar-refractivity contribution in [3.8, 4) is 5.75 Å². The van der Waals surface area contributed by atoms with Crippen LogP contribution in [0.3, 0.4) is 0 Å². The average molecular weight is 495 g/mol. The lowest BCUT2D eigenvalue weighted by Crippen LogP contribution is -2.52. The SMILES string of the molecule is CCNC(=NCCc1ccccn1)N1CCN(c2ccc(OC)cc2)CC1.I. The van der Waals surface area contributed by atoms with Gasteiger partial charge in [0.2, 0.25) is 0 Å². The number of ether oxygens (including phenoxy) is 1. The molecule has 1 N–H and O–H groups in total. The maximum atomic E-state index is 5.25. The van der Waals surface area contributed by atoms with Gasteiger partial charge in [-0.2, -0.15) is 0 Å². The van der Waals surface area contributed by atoms with Crippen molar-refractivity contribution < 1.29 is 4.74 Å². The van der Waals surface area contributed by atoms with Crippen molar-refractivity contribution in [3.63, 3.8) is 0 Å². The average Bonchev–Trinajstić information content (AvgIpc) is 2.74. The van der Waals surface area contributed by atoms with Crippen LogP contribution in [0.2, 0.25) is 0 Å². The van der Waals surface area contributed by atoms with Crippen LogP contribution in [0.5, 0.6) is 5.75 Å². The van der Waals surface area contributed by atoms with Crippen LogP contribution in [0.4, 0.5) is 5.69 Å². The van der Waals surface area contributed by atoms with Crippen molar-refractivity contribution in [2.45, 2.75) is 13.3 Å². The number of nitrogens with one attached hydrogen (secondary N) is 1. The van der Waals surface area contributed by atoms with E-state index in [1.165, 1.54) is 5.69 Å². The van der Waals surface area contributed by atoms with Crippen molar-refractivity contribution in [1.29, 1.82) is 0 Å². The first-order valence-corrected chi connectivity index (χ1v) is 9.62. The molecule has 1 fully saturated rings. The van der Waals surface area contributed by atoms with E-state index >= 15 is 0 Å². The summed E-state index contributed by atoms with van der Waals surface area (Å²) in [6, 6.07) is 14.3. The number of benzene rings is 1. The van der Waals surface area contributed by atoms with Gasteiger partial charge in [-0.25, -0.2) is 0 Å². The van der Waals surface area contributed by atoms with Crippen molar-refractivity contribution >= 4 is 35.6 Å². The van der Waals surface area contributed by atoms with E-state index in [1.54, 1.807) is 7.11 Å². The van der Waals surface area contributed by atoms with E-state index in [1.807, 2.05) is 30.5 Å². The Kier molecular flexibility index (Phi) is 9.33. The highest BCUT2D eigenvalue weighted by molar-refractivity contribution is 14.0. The first kappa shape index (κ1) is 22.3. The predicted molar refractivity (Wildman–Crippen MR) is 126 cm³/mol. The third kappa shape index (κ3) is 6.25. The summed E-state index contributed by atoms with van der Waals surface area (Å²) in [5.74, 6) is 1.90. The summed E-state index contributed by atoms with van der Waals surface area (Å²) in [5.41, 5.74) is 2.33. The minimum absolute atomic E-state index is 0. The van der Waals surface area contributed by atoms with Crippen molar-refractivity contribution in [3.05, 3.63) is 54.4 Å². The van der Waals surface area contributed by atoms with E-state index in [0.717, 1.165) is 63.1 Å². The molecule has 7 heteroatoms. The summed E-state index contributed by atoms with van der Waals surface area (Å²) < 4.78 is 5.25. The van der Waals surface area contributed by atoms with Crippen LogP contribution in [0.15, 0.2) is 53.7 Å². The Morgan fingerprint density at radius 1 is 1.11 bits per heavy atom. The Morgan fingerprint density at radius 3 is 2.46 bits per heavy atom. The molecule has 0 radical (unpaired) electrons. The molecule has 1 saturated heterocycles. The number of methoxy groups -OCH3 is 1. The van der Waals surface area contributed by atoms with Crippen molar-refractivity contribution in [1.82, 2.24) is 15.2 Å². The predicted octanol–water partition coefficient (Wildman–Crippen LogP) is 3.04. The van der Waals surface area contributed by atoms with E-state index in [-0.39, 0.29) is 24.0 Å². The highest BCUT2D eigenvalue weighted by atomic mass is 127. The van der Waals surface area contributed by atoms with E-state index in [2.05, 4.69) is 45.2 Å². The number of pyridine rings is 1. The summed E-state index contributed by atoms with van der Waals surface area (Å²) in [6.07, 6.45) is 2.70. The molecule has 6 nitrogen and oxygen atoms in total. The molecular formula is C21H30IN5O. The van der Waals surface area contributed by atoms with Gasteiger partial charge in [0.05, 0.1) is 7.11 Å². The van der Waals surface area contributed by atoms with Gasteiger partial charge in [-0.05, 0) is 43.3 Å². The van der Waals surface area contributed by atoms with Crippen LogP contribution in [-0.2, 0) is 6.42 Å². The van der Waals surface area contributed by atoms with Gasteiger partial charge in [0, 0.05) is 63.3 Å². The van der Waals surface area contributed by atoms with E-state index in [4.69, 9.17) is 9.73 Å². The van der Waals surface area contributed by atoms with Crippen molar-refractivity contribution in [2.75, 3.05) is 51.3 Å². The van der Waals surface area contributed by atoms with Crippen LogP contribution in [-0.4, -0.2) is 62.2 Å². The largest absolute Gasteiger partial charge is 0.497 e. The fourth-order valence-electron chi connectivity index (χ4n) is 3.22. The molecule has 0 amide bonds. The molecule has 1 aliphatic heterocycles. The lowest BCUT2D eigenvalue weighted by atomic mass is 10.2. The number of halogens is 1. The fraction of sp³-hybridized carbons (Fsp3) is 0.429. The molecule has 0 saturated carbocycles. The molecule has 152 valence electrons. The molecule has 0 aliphatic carbocycles. The zero-order valence-electron chi connectivity index (χ0n) is 16.7. The standard InChI is InChI=1S/C21H29N5O.HI/c1-3-22-21(24-13-11-18-6-4-5-12-23-18)26-16-14-25(15-17-26)19-7-9-20(27-2)10-8-19;/h4-10,12H,3,11,13-17H2,1-2H3,(H,22,24);1H. The van der Waals surface area contributed by atoms with Gasteiger partial charge in [0.25, 0.3) is 0 Å². The van der Waals surface area contributed by atoms with Gasteiger partial charge in [-0.15, -0.1) is 24.0 Å². The van der Waals surface area contributed by atoms with Crippen LogP contribution in [0, 0.1) is 0 Å². The van der Waals surface area contributed by atoms with E-state index in [9.17, 15) is 0 Å². The molecule has 28 heavy (non-hydrogen) atoms. The molecule has 1 aromatic heterocycles. The van der Waals surface area contributed by atoms with E-state index in [0.29, 0.717) is 0 Å². The molecule has 0 unspecified atom stereocenters. The summed E-state index contributed by atoms with van der Waals surface area (Å²) in [7, 11) is 1.70. The normalized spacial score (nSPS) is 14.4. The van der Waals surface area contributed by atoms with Crippen LogP contribution >= 0.6 is 24.0 Å². The molecule has 0 spiro atoms. The van der Waals surface area contributed by atoms with Crippen molar-refractivity contribution in [2.24, 2.45) is 4.99 Å². The Hall–Kier alpha value is -2.03. The number of aromatic nitrogens is 1. The molecule has 0 atom stereocenters. The molecule has 2 aromatic rings. The lowest BCUT2D eigenvalue weighted by Gasteiger charge is -2.37. The third-order valence-electron chi connectivity index (χ3n) is 4.71. The zero-order chi connectivity index (χ0) is 18.9. The van der Waals surface area contributed by atoms with Gasteiger partial charge >= 0.3 is 0 Å². The fourth-order valence-corrected chi connectivity index (χ4v) is 3.22. The molecule has 1 aromatic carbocycles. The number of nitrogens with zero attached hydrogens (tertiary/aromatic N) is 4. The quantitative estimate of drug-likeness (QED) is 0.380. The number of hydrogen-bond donors (Lipinski definition) is 1. The number of aliphatic imine (C=N–C) groups is 1. The third-order valence-corrected chi connectivity index (χ3v) is 4.71. The van der Waals surface area contributed by atoms with Crippen LogP contribution < -0.4 is 15.0 Å². The topological polar surface area (TPSA) is 53.0 Å². The smallest absolute Gasteiger partial charge is 0.194 e. The summed E-state index contributed by atoms with van der Waals surface area (Å²) in [4.78, 5) is 13.9. The second-order valence-corrected chi connectivity index (χ2v) is 6.48. The van der Waals surface area contributed by atoms with Crippen LogP contribution in [0.1, 0.15) is 12.6 Å². The second-order valence-electron chi connectivity index (χ2n) is 6.48. The minimum Gasteiger partial charge on any atom is -0.497 e. The Morgan fingerprint density at radius 2 is 1.86 bits per heavy atom. The van der Waals surface area contributed by atoms with Gasteiger partial charge in [-0.1, -0.05) is 6.07 Å². The molecule has 0 bridgehead atoms. The highest BCUT2D eigenvalue weighted by Crippen LogP contribution is 2.20. The summed E-state index contributed by atoms with van der Waals surface area (Å²) in [5, 5.41) is 3.43. The number of guanidine groups is 1. The number of hydrogen-bond acceptors (Lipinski definition) is 4. The molecule has 2 heterocycles. The lowest BCUT2D eigenvalue weighted by molar-refractivity contribution is 0.372. The Labute approximate surface area is 185 Å². The van der Waals surface area contributed by atoms with E-state index < -0.39 is 0 Å². The minimum atomic E-state index is 0. The van der Waals surface area contributed by atoms with Gasteiger partial charge < -0.3 is 19.9 Å². The maximum Gasteiger partial charge on any atom is 0.194 e. The second kappa shape index (κ2) is 11.7. The molecule has 3 rings (SSSR count). The summed E-state index contributed by atoms with van der Waals surface area (Å²) in [6.45, 7) is 7.62. The Bertz CT molecular complexity index is 715. The first-order valence-electron chi connectivity index (χ1n) is 9.62. The highest BCUT2D eigenvalue weighted by Gasteiger charge is 2.19. The zero-order valence-corrected chi connectivity index (χ0v) is 19.0. The van der Waals surface area contributed by atoms with Gasteiger partial charge in [0.1, 0.15) is 5.75 Å². The monoisotopic (exact) mass is 495 g/mol. The number of rotatable bonds is 6. The number of piperazine rings is 1. The molecule has 1 aliphatic rings. The maximum absolute atomic E-state index is 5.25. The number of anilines is 1. The summed E-state index contributed by atoms with van der Waals surface area (Å²) >= 11 is 0. The van der Waals surface area contributed by atoms with Gasteiger partial charge in [0.15, 0.2) is 5.96 Å².